The molecule has 0 bridgehead atoms. The Kier molecular flexibility index (Phi) is 6.49. The maximum absolute atomic E-state index is 12.6. The van der Waals surface area contributed by atoms with Gasteiger partial charge in [-0.15, -0.1) is 0 Å². The number of nitrogens with zero attached hydrogens (tertiary/aromatic N) is 1. The number of rotatable bonds is 6. The summed E-state index contributed by atoms with van der Waals surface area (Å²) in [5, 5.41) is 13.8. The third-order valence-electron chi connectivity index (χ3n) is 4.27. The number of anilines is 2. The van der Waals surface area contributed by atoms with E-state index < -0.39 is 26.5 Å². The zero-order valence-electron chi connectivity index (χ0n) is 15.9. The molecule has 0 aromatic heterocycles. The van der Waals surface area contributed by atoms with E-state index in [1.165, 1.54) is 42.5 Å². The quantitative estimate of drug-likeness (QED) is 0.368. The molecule has 0 saturated carbocycles. The van der Waals surface area contributed by atoms with E-state index in [2.05, 4.69) is 10.0 Å². The van der Waals surface area contributed by atoms with Crippen molar-refractivity contribution in [2.75, 3.05) is 10.0 Å². The van der Waals surface area contributed by atoms with Gasteiger partial charge in [-0.25, -0.2) is 8.42 Å². The number of hydrogen-bond acceptors (Lipinski definition) is 5. The van der Waals surface area contributed by atoms with Crippen LogP contribution >= 0.6 is 23.2 Å². The molecule has 11 heteroatoms. The second kappa shape index (κ2) is 8.93. The number of benzene rings is 3. The largest absolute Gasteiger partial charge is 0.322 e. The van der Waals surface area contributed by atoms with E-state index in [1.807, 2.05) is 0 Å². The van der Waals surface area contributed by atoms with Crippen molar-refractivity contribution in [1.29, 1.82) is 0 Å². The van der Waals surface area contributed by atoms with Gasteiger partial charge in [-0.2, -0.15) is 0 Å². The molecule has 2 N–H and O–H groups in total. The van der Waals surface area contributed by atoms with Crippen LogP contribution in [0.2, 0.25) is 10.0 Å². The summed E-state index contributed by atoms with van der Waals surface area (Å²) in [7, 11) is -3.88. The van der Waals surface area contributed by atoms with E-state index in [4.69, 9.17) is 23.2 Å². The lowest BCUT2D eigenvalue weighted by molar-refractivity contribution is -0.384. The van der Waals surface area contributed by atoms with Gasteiger partial charge in [-0.05, 0) is 61.0 Å². The number of amides is 1. The zero-order valence-corrected chi connectivity index (χ0v) is 18.3. The Hall–Kier alpha value is -3.14. The Morgan fingerprint density at radius 1 is 1.00 bits per heavy atom. The molecule has 8 nitrogen and oxygen atoms in total. The first-order valence-electron chi connectivity index (χ1n) is 8.71. The summed E-state index contributed by atoms with van der Waals surface area (Å²) >= 11 is 11.7. The topological polar surface area (TPSA) is 118 Å². The summed E-state index contributed by atoms with van der Waals surface area (Å²) in [6.45, 7) is 1.74. The Bertz CT molecular complexity index is 1280. The van der Waals surface area contributed by atoms with Crippen molar-refractivity contribution in [2.45, 2.75) is 11.8 Å². The van der Waals surface area contributed by atoms with Gasteiger partial charge in [-0.3, -0.25) is 19.6 Å². The Morgan fingerprint density at radius 3 is 2.32 bits per heavy atom. The molecule has 0 atom stereocenters. The second-order valence-electron chi connectivity index (χ2n) is 6.47. The van der Waals surface area contributed by atoms with Crippen molar-refractivity contribution < 1.29 is 18.1 Å². The van der Waals surface area contributed by atoms with Crippen LogP contribution in [0, 0.1) is 17.0 Å². The standard InChI is InChI=1S/C20H15Cl2N3O5S/c1-12-2-4-14(21)11-18(12)24-31(29,30)16-7-5-15(6-8-16)23-20(26)13-3-9-17(22)19(10-13)25(27)28/h2-11,24H,1H3,(H,23,26). The molecule has 0 saturated heterocycles. The van der Waals surface area contributed by atoms with Crippen molar-refractivity contribution in [3.8, 4) is 0 Å². The number of sulfonamides is 1. The number of hydrogen-bond donors (Lipinski definition) is 2. The van der Waals surface area contributed by atoms with Crippen LogP contribution in [0.15, 0.2) is 65.6 Å². The van der Waals surface area contributed by atoms with Crippen LogP contribution in [0.3, 0.4) is 0 Å². The van der Waals surface area contributed by atoms with Crippen LogP contribution in [-0.2, 0) is 10.0 Å². The molecule has 1 amide bonds. The third-order valence-corrected chi connectivity index (χ3v) is 6.21. The van der Waals surface area contributed by atoms with Crippen LogP contribution in [0.4, 0.5) is 17.1 Å². The molecule has 0 aliphatic rings. The van der Waals surface area contributed by atoms with Crippen LogP contribution in [0.1, 0.15) is 15.9 Å². The normalized spacial score (nSPS) is 11.1. The molecule has 0 spiro atoms. The molecule has 3 rings (SSSR count). The van der Waals surface area contributed by atoms with Crippen molar-refractivity contribution in [1.82, 2.24) is 0 Å². The average molecular weight is 480 g/mol. The van der Waals surface area contributed by atoms with E-state index >= 15 is 0 Å². The molecule has 0 heterocycles. The van der Waals surface area contributed by atoms with Gasteiger partial charge < -0.3 is 5.32 Å². The van der Waals surface area contributed by atoms with Crippen LogP contribution < -0.4 is 10.0 Å². The van der Waals surface area contributed by atoms with Gasteiger partial charge in [0.2, 0.25) is 0 Å². The van der Waals surface area contributed by atoms with Crippen molar-refractivity contribution in [3.05, 3.63) is 92.0 Å². The maximum Gasteiger partial charge on any atom is 0.288 e. The van der Waals surface area contributed by atoms with Gasteiger partial charge in [0.25, 0.3) is 21.6 Å². The molecular weight excluding hydrogens is 465 g/mol. The molecule has 160 valence electrons. The van der Waals surface area contributed by atoms with Crippen molar-refractivity contribution >= 4 is 56.2 Å². The summed E-state index contributed by atoms with van der Waals surface area (Å²) < 4.78 is 27.7. The predicted molar refractivity (Wildman–Crippen MR) is 119 cm³/mol. The first-order chi connectivity index (χ1) is 14.6. The molecule has 0 aliphatic heterocycles. The zero-order chi connectivity index (χ0) is 22.8. The monoisotopic (exact) mass is 479 g/mol. The van der Waals surface area contributed by atoms with Crippen LogP contribution in [-0.4, -0.2) is 19.2 Å². The smallest absolute Gasteiger partial charge is 0.288 e. The van der Waals surface area contributed by atoms with E-state index in [0.29, 0.717) is 22.0 Å². The molecular formula is C20H15Cl2N3O5S. The highest BCUT2D eigenvalue weighted by molar-refractivity contribution is 7.92. The summed E-state index contributed by atoms with van der Waals surface area (Å²) in [4.78, 5) is 22.6. The van der Waals surface area contributed by atoms with Crippen LogP contribution in [0.25, 0.3) is 0 Å². The molecule has 0 aliphatic carbocycles. The van der Waals surface area contributed by atoms with E-state index in [1.54, 1.807) is 19.1 Å². The second-order valence-corrected chi connectivity index (χ2v) is 8.99. The number of aryl methyl sites for hydroxylation is 1. The third kappa shape index (κ3) is 5.32. The molecule has 3 aromatic carbocycles. The van der Waals surface area contributed by atoms with E-state index in [-0.39, 0.29) is 15.5 Å². The highest BCUT2D eigenvalue weighted by Crippen LogP contribution is 2.26. The lowest BCUT2D eigenvalue weighted by Crippen LogP contribution is -2.15. The fourth-order valence-electron chi connectivity index (χ4n) is 2.62. The first-order valence-corrected chi connectivity index (χ1v) is 10.9. The first kappa shape index (κ1) is 22.5. The molecule has 31 heavy (non-hydrogen) atoms. The molecule has 0 unspecified atom stereocenters. The van der Waals surface area contributed by atoms with Crippen molar-refractivity contribution in [2.24, 2.45) is 0 Å². The maximum atomic E-state index is 12.6. The fraction of sp³-hybridized carbons (Fsp3) is 0.0500. The summed E-state index contributed by atoms with van der Waals surface area (Å²) in [6.07, 6.45) is 0. The Morgan fingerprint density at radius 2 is 1.68 bits per heavy atom. The molecule has 3 aromatic rings. The number of carbonyl (C=O) groups is 1. The van der Waals surface area contributed by atoms with E-state index in [9.17, 15) is 23.3 Å². The van der Waals surface area contributed by atoms with Gasteiger partial charge >= 0.3 is 0 Å². The van der Waals surface area contributed by atoms with Gasteiger partial charge in [0.15, 0.2) is 0 Å². The summed E-state index contributed by atoms with van der Waals surface area (Å²) in [6, 6.07) is 14.0. The minimum Gasteiger partial charge on any atom is -0.322 e. The van der Waals surface area contributed by atoms with Gasteiger partial charge in [0.05, 0.1) is 15.5 Å². The molecule has 0 radical (unpaired) electrons. The minimum absolute atomic E-state index is 0.0213. The lowest BCUT2D eigenvalue weighted by Gasteiger charge is -2.12. The summed E-state index contributed by atoms with van der Waals surface area (Å²) in [5.74, 6) is -0.608. The van der Waals surface area contributed by atoms with Gasteiger partial charge in [0.1, 0.15) is 5.02 Å². The minimum atomic E-state index is -3.88. The van der Waals surface area contributed by atoms with Gasteiger partial charge in [-0.1, -0.05) is 29.3 Å². The number of nitro groups is 1. The number of carbonyl (C=O) groups excluding carboxylic acids is 1. The Labute approximate surface area is 188 Å². The van der Waals surface area contributed by atoms with Crippen molar-refractivity contribution in [3.63, 3.8) is 0 Å². The Balaban J connectivity index is 1.77. The summed E-state index contributed by atoms with van der Waals surface area (Å²) in [5.41, 5.74) is 1.01. The number of nitrogens with one attached hydrogen (secondary N) is 2. The average Bonchev–Trinajstić information content (AvgIpc) is 2.71. The number of halogens is 2. The highest BCUT2D eigenvalue weighted by atomic mass is 35.5. The van der Waals surface area contributed by atoms with E-state index in [0.717, 1.165) is 6.07 Å². The lowest BCUT2D eigenvalue weighted by atomic mass is 10.2. The van der Waals surface area contributed by atoms with Crippen LogP contribution in [0.5, 0.6) is 0 Å². The molecule has 0 fully saturated rings. The fourth-order valence-corrected chi connectivity index (χ4v) is 4.10. The highest BCUT2D eigenvalue weighted by Gasteiger charge is 2.18. The number of nitro benzene ring substituents is 1. The SMILES string of the molecule is Cc1ccc(Cl)cc1NS(=O)(=O)c1ccc(NC(=O)c2ccc(Cl)c([N+](=O)[O-])c2)cc1. The predicted octanol–water partition coefficient (Wildman–Crippen LogP) is 5.26. The van der Waals surface area contributed by atoms with Gasteiger partial charge in [0, 0.05) is 22.3 Å².